The highest BCUT2D eigenvalue weighted by Gasteiger charge is 2.31. The number of alkyl halides is 3. The lowest BCUT2D eigenvalue weighted by atomic mass is 10.0. The molecule has 0 aliphatic rings. The van der Waals surface area contributed by atoms with Gasteiger partial charge in [-0.1, -0.05) is 25.5 Å². The Morgan fingerprint density at radius 3 is 2.29 bits per heavy atom. The molecule has 0 fully saturated rings. The van der Waals surface area contributed by atoms with Crippen molar-refractivity contribution in [1.82, 2.24) is 5.43 Å². The molecule has 1 aromatic rings. The highest BCUT2D eigenvalue weighted by Crippen LogP contribution is 2.25. The average Bonchev–Trinajstić information content (AvgIpc) is 2.25. The smallest absolute Gasteiger partial charge is 0.406 e. The van der Waals surface area contributed by atoms with Crippen LogP contribution >= 0.6 is 0 Å². The molecule has 0 bridgehead atoms. The lowest BCUT2D eigenvalue weighted by Crippen LogP contribution is -2.27. The van der Waals surface area contributed by atoms with Crippen LogP contribution < -0.4 is 16.0 Å². The molecule has 3 nitrogen and oxygen atoms in total. The van der Waals surface area contributed by atoms with Crippen LogP contribution in [0, 0.1) is 0 Å². The molecule has 1 atom stereocenters. The van der Waals surface area contributed by atoms with Crippen molar-refractivity contribution in [3.05, 3.63) is 29.8 Å². The van der Waals surface area contributed by atoms with E-state index in [1.807, 2.05) is 6.92 Å². The maximum Gasteiger partial charge on any atom is 0.573 e. The van der Waals surface area contributed by atoms with Gasteiger partial charge in [-0.05, 0) is 24.1 Å². The van der Waals surface area contributed by atoms with Crippen molar-refractivity contribution in [1.29, 1.82) is 0 Å². The second kappa shape index (κ2) is 5.88. The van der Waals surface area contributed by atoms with Crippen molar-refractivity contribution in [3.8, 4) is 5.75 Å². The van der Waals surface area contributed by atoms with Crippen LogP contribution in [0.5, 0.6) is 5.75 Å². The molecule has 17 heavy (non-hydrogen) atoms. The van der Waals surface area contributed by atoms with Crippen LogP contribution in [0.4, 0.5) is 13.2 Å². The van der Waals surface area contributed by atoms with Gasteiger partial charge in [-0.2, -0.15) is 0 Å². The maximum absolute atomic E-state index is 11.9. The summed E-state index contributed by atoms with van der Waals surface area (Å²) in [5.74, 6) is 5.14. The summed E-state index contributed by atoms with van der Waals surface area (Å²) in [6, 6.07) is 5.65. The number of nitrogens with one attached hydrogen (secondary N) is 1. The molecule has 0 aliphatic heterocycles. The minimum Gasteiger partial charge on any atom is -0.406 e. The second-order valence-electron chi connectivity index (χ2n) is 3.62. The first-order valence-corrected chi connectivity index (χ1v) is 5.28. The zero-order valence-corrected chi connectivity index (χ0v) is 9.42. The third kappa shape index (κ3) is 4.62. The predicted molar refractivity (Wildman–Crippen MR) is 58.1 cm³/mol. The first kappa shape index (κ1) is 13.8. The van der Waals surface area contributed by atoms with Crippen molar-refractivity contribution in [3.63, 3.8) is 0 Å². The fourth-order valence-electron chi connectivity index (χ4n) is 1.54. The van der Waals surface area contributed by atoms with Crippen molar-refractivity contribution < 1.29 is 17.9 Å². The summed E-state index contributed by atoms with van der Waals surface area (Å²) in [4.78, 5) is 0. The van der Waals surface area contributed by atoms with Crippen molar-refractivity contribution in [2.75, 3.05) is 0 Å². The molecule has 1 unspecified atom stereocenters. The molecule has 1 aromatic carbocycles. The maximum atomic E-state index is 11.9. The van der Waals surface area contributed by atoms with Gasteiger partial charge in [0, 0.05) is 6.04 Å². The highest BCUT2D eigenvalue weighted by atomic mass is 19.4. The van der Waals surface area contributed by atoms with Crippen LogP contribution in [-0.4, -0.2) is 6.36 Å². The Morgan fingerprint density at radius 1 is 1.29 bits per heavy atom. The molecule has 0 heterocycles. The molecule has 0 aromatic heterocycles. The van der Waals surface area contributed by atoms with Crippen LogP contribution in [0.3, 0.4) is 0 Å². The molecule has 6 heteroatoms. The first-order chi connectivity index (χ1) is 7.96. The third-order valence-electron chi connectivity index (χ3n) is 2.29. The van der Waals surface area contributed by atoms with Crippen LogP contribution in [0.25, 0.3) is 0 Å². The van der Waals surface area contributed by atoms with Gasteiger partial charge in [-0.25, -0.2) is 0 Å². The molecule has 0 saturated carbocycles. The fraction of sp³-hybridized carbons (Fsp3) is 0.455. The molecule has 0 saturated heterocycles. The Kier molecular flexibility index (Phi) is 4.77. The van der Waals surface area contributed by atoms with Gasteiger partial charge < -0.3 is 4.74 Å². The van der Waals surface area contributed by atoms with Gasteiger partial charge in [0.1, 0.15) is 5.75 Å². The van der Waals surface area contributed by atoms with Crippen LogP contribution in [0.15, 0.2) is 24.3 Å². The zero-order valence-electron chi connectivity index (χ0n) is 9.42. The van der Waals surface area contributed by atoms with E-state index in [4.69, 9.17) is 5.84 Å². The topological polar surface area (TPSA) is 47.3 Å². The Balaban J connectivity index is 2.73. The Morgan fingerprint density at radius 2 is 1.88 bits per heavy atom. The van der Waals surface area contributed by atoms with E-state index >= 15 is 0 Å². The Labute approximate surface area is 97.7 Å². The number of ether oxygens (including phenoxy) is 1. The molecule has 96 valence electrons. The van der Waals surface area contributed by atoms with E-state index in [1.54, 1.807) is 12.1 Å². The largest absolute Gasteiger partial charge is 0.573 e. The molecular weight excluding hydrogens is 233 g/mol. The lowest BCUT2D eigenvalue weighted by molar-refractivity contribution is -0.274. The van der Waals surface area contributed by atoms with E-state index in [0.29, 0.717) is 0 Å². The van der Waals surface area contributed by atoms with Gasteiger partial charge in [0.15, 0.2) is 0 Å². The summed E-state index contributed by atoms with van der Waals surface area (Å²) in [6.07, 6.45) is -2.91. The summed E-state index contributed by atoms with van der Waals surface area (Å²) in [5, 5.41) is 0. The number of rotatable bonds is 5. The molecule has 0 radical (unpaired) electrons. The third-order valence-corrected chi connectivity index (χ3v) is 2.29. The van der Waals surface area contributed by atoms with Gasteiger partial charge in [-0.15, -0.1) is 13.2 Å². The summed E-state index contributed by atoms with van der Waals surface area (Å²) in [7, 11) is 0. The zero-order chi connectivity index (χ0) is 12.9. The predicted octanol–water partition coefficient (Wildman–Crippen LogP) is 2.89. The monoisotopic (exact) mass is 248 g/mol. The number of hydrazine groups is 1. The average molecular weight is 248 g/mol. The summed E-state index contributed by atoms with van der Waals surface area (Å²) in [6.45, 7) is 2.01. The lowest BCUT2D eigenvalue weighted by Gasteiger charge is -2.16. The molecule has 1 rings (SSSR count). The van der Waals surface area contributed by atoms with Gasteiger partial charge in [-0.3, -0.25) is 11.3 Å². The Bertz CT molecular complexity index is 338. The normalized spacial score (nSPS) is 13.5. The molecular formula is C11H15F3N2O. The van der Waals surface area contributed by atoms with Crippen LogP contribution in [0.1, 0.15) is 31.4 Å². The van der Waals surface area contributed by atoms with E-state index in [0.717, 1.165) is 18.4 Å². The van der Waals surface area contributed by atoms with Crippen molar-refractivity contribution in [2.24, 2.45) is 5.84 Å². The minimum atomic E-state index is -4.66. The highest BCUT2D eigenvalue weighted by molar-refractivity contribution is 5.29. The van der Waals surface area contributed by atoms with Gasteiger partial charge in [0.2, 0.25) is 0 Å². The van der Waals surface area contributed by atoms with Crippen molar-refractivity contribution >= 4 is 0 Å². The van der Waals surface area contributed by atoms with Gasteiger partial charge in [0.05, 0.1) is 0 Å². The SMILES string of the molecule is CCCC(NN)c1ccc(OC(F)(F)F)cc1. The number of nitrogens with two attached hydrogens (primary N) is 1. The summed E-state index contributed by atoms with van der Waals surface area (Å²) < 4.78 is 39.6. The van der Waals surface area contributed by atoms with E-state index in [2.05, 4.69) is 10.2 Å². The quantitative estimate of drug-likeness (QED) is 0.622. The number of halogens is 3. The van der Waals surface area contributed by atoms with E-state index < -0.39 is 6.36 Å². The van der Waals surface area contributed by atoms with E-state index in [9.17, 15) is 13.2 Å². The minimum absolute atomic E-state index is 0.0556. The van der Waals surface area contributed by atoms with Gasteiger partial charge >= 0.3 is 6.36 Å². The fourth-order valence-corrected chi connectivity index (χ4v) is 1.54. The number of hydrogen-bond donors (Lipinski definition) is 2. The summed E-state index contributed by atoms with van der Waals surface area (Å²) in [5.41, 5.74) is 3.46. The van der Waals surface area contributed by atoms with Crippen molar-refractivity contribution in [2.45, 2.75) is 32.2 Å². The van der Waals surface area contributed by atoms with Crippen LogP contribution in [0.2, 0.25) is 0 Å². The molecule has 3 N–H and O–H groups in total. The number of benzene rings is 1. The molecule has 0 aliphatic carbocycles. The van der Waals surface area contributed by atoms with Crippen LogP contribution in [-0.2, 0) is 0 Å². The van der Waals surface area contributed by atoms with E-state index in [1.165, 1.54) is 12.1 Å². The standard InChI is InChI=1S/C11H15F3N2O/c1-2-3-10(16-15)8-4-6-9(7-5-8)17-11(12,13)14/h4-7,10,16H,2-3,15H2,1H3. The van der Waals surface area contributed by atoms with E-state index in [-0.39, 0.29) is 11.8 Å². The first-order valence-electron chi connectivity index (χ1n) is 5.28. The summed E-state index contributed by atoms with van der Waals surface area (Å²) >= 11 is 0. The second-order valence-corrected chi connectivity index (χ2v) is 3.62. The molecule has 0 amide bonds. The molecule has 0 spiro atoms. The Hall–Kier alpha value is -1.27. The number of hydrogen-bond acceptors (Lipinski definition) is 3. The van der Waals surface area contributed by atoms with Gasteiger partial charge in [0.25, 0.3) is 0 Å².